The number of amides is 1. The second-order valence-corrected chi connectivity index (χ2v) is 4.63. The lowest BCUT2D eigenvalue weighted by atomic mass is 10.1. The minimum atomic E-state index is 0.164. The number of unbranched alkanes of at least 4 members (excludes halogenated alkanes) is 2. The summed E-state index contributed by atoms with van der Waals surface area (Å²) in [6, 6.07) is 0.584. The molecule has 0 aromatic rings. The van der Waals surface area contributed by atoms with Gasteiger partial charge in [0.1, 0.15) is 0 Å². The van der Waals surface area contributed by atoms with Gasteiger partial charge in [-0.25, -0.2) is 0 Å². The van der Waals surface area contributed by atoms with E-state index >= 15 is 0 Å². The van der Waals surface area contributed by atoms with E-state index in [0.29, 0.717) is 12.5 Å². The summed E-state index contributed by atoms with van der Waals surface area (Å²) in [6.07, 6.45) is 5.37. The first-order valence-corrected chi connectivity index (χ1v) is 6.62. The summed E-state index contributed by atoms with van der Waals surface area (Å²) in [7, 11) is 0. The Morgan fingerprint density at radius 3 is 2.38 bits per heavy atom. The second kappa shape index (κ2) is 9.64. The van der Waals surface area contributed by atoms with Crippen molar-refractivity contribution >= 4 is 5.91 Å². The van der Waals surface area contributed by atoms with E-state index in [-0.39, 0.29) is 11.9 Å². The molecule has 0 saturated carbocycles. The molecular weight excluding hydrogens is 200 g/mol. The van der Waals surface area contributed by atoms with E-state index in [2.05, 4.69) is 31.4 Å². The number of rotatable bonds is 9. The Bertz CT molecular complexity index is 183. The minimum Gasteiger partial charge on any atom is -0.354 e. The van der Waals surface area contributed by atoms with Crippen LogP contribution < -0.4 is 10.6 Å². The Morgan fingerprint density at radius 2 is 1.81 bits per heavy atom. The van der Waals surface area contributed by atoms with Gasteiger partial charge in [-0.05, 0) is 26.8 Å². The van der Waals surface area contributed by atoms with Gasteiger partial charge in [0, 0.05) is 18.5 Å². The molecule has 0 fully saturated rings. The van der Waals surface area contributed by atoms with Crippen molar-refractivity contribution in [1.29, 1.82) is 0 Å². The molecule has 0 aliphatic rings. The summed E-state index contributed by atoms with van der Waals surface area (Å²) in [5.41, 5.74) is 0. The third-order valence-corrected chi connectivity index (χ3v) is 2.69. The first kappa shape index (κ1) is 15.4. The van der Waals surface area contributed by atoms with Crippen LogP contribution in [0.1, 0.15) is 59.8 Å². The van der Waals surface area contributed by atoms with Crippen LogP contribution in [-0.4, -0.2) is 24.5 Å². The Hall–Kier alpha value is -0.570. The van der Waals surface area contributed by atoms with Gasteiger partial charge in [0.25, 0.3) is 0 Å². The van der Waals surface area contributed by atoms with Gasteiger partial charge in [0.2, 0.25) is 5.91 Å². The Morgan fingerprint density at radius 1 is 1.12 bits per heavy atom. The van der Waals surface area contributed by atoms with Crippen LogP contribution >= 0.6 is 0 Å². The zero-order valence-electron chi connectivity index (χ0n) is 11.3. The van der Waals surface area contributed by atoms with Crippen molar-refractivity contribution in [3.05, 3.63) is 0 Å². The lowest BCUT2D eigenvalue weighted by Crippen LogP contribution is -2.37. The fourth-order valence-electron chi connectivity index (χ4n) is 1.81. The SMILES string of the molecule is CCCCCC(C)NC(=O)CC(C)NCC. The maximum absolute atomic E-state index is 11.6. The largest absolute Gasteiger partial charge is 0.354 e. The van der Waals surface area contributed by atoms with Crippen LogP contribution in [0.15, 0.2) is 0 Å². The average molecular weight is 228 g/mol. The molecule has 2 N–H and O–H groups in total. The Balaban J connectivity index is 3.61. The Kier molecular flexibility index (Phi) is 9.30. The molecule has 16 heavy (non-hydrogen) atoms. The molecular formula is C13H28N2O. The normalized spacial score (nSPS) is 14.5. The maximum Gasteiger partial charge on any atom is 0.221 e. The van der Waals surface area contributed by atoms with Crippen LogP contribution in [-0.2, 0) is 4.79 Å². The van der Waals surface area contributed by atoms with Gasteiger partial charge in [-0.15, -0.1) is 0 Å². The van der Waals surface area contributed by atoms with Crippen molar-refractivity contribution in [2.24, 2.45) is 0 Å². The zero-order valence-corrected chi connectivity index (χ0v) is 11.3. The summed E-state index contributed by atoms with van der Waals surface area (Å²) < 4.78 is 0. The number of hydrogen-bond acceptors (Lipinski definition) is 2. The van der Waals surface area contributed by atoms with Crippen molar-refractivity contribution in [3.63, 3.8) is 0 Å². The third kappa shape index (κ3) is 8.72. The van der Waals surface area contributed by atoms with Crippen LogP contribution in [0.25, 0.3) is 0 Å². The monoisotopic (exact) mass is 228 g/mol. The number of carbonyl (C=O) groups is 1. The van der Waals surface area contributed by atoms with E-state index in [1.54, 1.807) is 0 Å². The molecule has 0 aliphatic heterocycles. The van der Waals surface area contributed by atoms with E-state index in [9.17, 15) is 4.79 Å². The first-order chi connectivity index (χ1) is 7.60. The van der Waals surface area contributed by atoms with E-state index in [4.69, 9.17) is 0 Å². The maximum atomic E-state index is 11.6. The van der Waals surface area contributed by atoms with Crippen molar-refractivity contribution < 1.29 is 4.79 Å². The molecule has 1 amide bonds. The predicted molar refractivity (Wildman–Crippen MR) is 69.5 cm³/mol. The highest BCUT2D eigenvalue weighted by molar-refractivity contribution is 5.76. The molecule has 0 aromatic heterocycles. The lowest BCUT2D eigenvalue weighted by molar-refractivity contribution is -0.122. The summed E-state index contributed by atoms with van der Waals surface area (Å²) >= 11 is 0. The highest BCUT2D eigenvalue weighted by atomic mass is 16.1. The molecule has 2 unspecified atom stereocenters. The molecule has 0 aromatic carbocycles. The van der Waals surface area contributed by atoms with Crippen LogP contribution in [0.5, 0.6) is 0 Å². The number of carbonyl (C=O) groups excluding carboxylic acids is 1. The standard InChI is InChI=1S/C13H28N2O/c1-5-7-8-9-11(3)15-13(16)10-12(4)14-6-2/h11-12,14H,5-10H2,1-4H3,(H,15,16). The van der Waals surface area contributed by atoms with Crippen LogP contribution in [0, 0.1) is 0 Å². The predicted octanol–water partition coefficient (Wildman–Crippen LogP) is 2.46. The molecule has 0 spiro atoms. The topological polar surface area (TPSA) is 41.1 Å². The van der Waals surface area contributed by atoms with E-state index in [0.717, 1.165) is 13.0 Å². The van der Waals surface area contributed by atoms with Crippen molar-refractivity contribution in [2.45, 2.75) is 71.9 Å². The van der Waals surface area contributed by atoms with Gasteiger partial charge in [-0.2, -0.15) is 0 Å². The van der Waals surface area contributed by atoms with Gasteiger partial charge in [0.15, 0.2) is 0 Å². The molecule has 0 heterocycles. The Labute approximate surface area is 100 Å². The lowest BCUT2D eigenvalue weighted by Gasteiger charge is -2.16. The van der Waals surface area contributed by atoms with Crippen LogP contribution in [0.2, 0.25) is 0 Å². The molecule has 0 rings (SSSR count). The summed E-state index contributed by atoms with van der Waals surface area (Å²) in [5, 5.41) is 6.29. The first-order valence-electron chi connectivity index (χ1n) is 6.62. The van der Waals surface area contributed by atoms with Gasteiger partial charge >= 0.3 is 0 Å². The quantitative estimate of drug-likeness (QED) is 0.595. The van der Waals surface area contributed by atoms with Gasteiger partial charge in [0.05, 0.1) is 0 Å². The van der Waals surface area contributed by atoms with Gasteiger partial charge < -0.3 is 10.6 Å². The fraction of sp³-hybridized carbons (Fsp3) is 0.923. The molecule has 96 valence electrons. The number of nitrogens with one attached hydrogen (secondary N) is 2. The van der Waals surface area contributed by atoms with Crippen molar-refractivity contribution in [3.8, 4) is 0 Å². The zero-order chi connectivity index (χ0) is 12.4. The highest BCUT2D eigenvalue weighted by Crippen LogP contribution is 2.03. The fourth-order valence-corrected chi connectivity index (χ4v) is 1.81. The third-order valence-electron chi connectivity index (χ3n) is 2.69. The van der Waals surface area contributed by atoms with Crippen LogP contribution in [0.3, 0.4) is 0 Å². The van der Waals surface area contributed by atoms with Gasteiger partial charge in [-0.3, -0.25) is 4.79 Å². The van der Waals surface area contributed by atoms with Crippen molar-refractivity contribution in [1.82, 2.24) is 10.6 Å². The van der Waals surface area contributed by atoms with Crippen LogP contribution in [0.4, 0.5) is 0 Å². The summed E-state index contributed by atoms with van der Waals surface area (Å²) in [5.74, 6) is 0.164. The van der Waals surface area contributed by atoms with E-state index in [1.165, 1.54) is 19.3 Å². The smallest absolute Gasteiger partial charge is 0.221 e. The molecule has 0 bridgehead atoms. The molecule has 0 aliphatic carbocycles. The van der Waals surface area contributed by atoms with E-state index < -0.39 is 0 Å². The molecule has 3 nitrogen and oxygen atoms in total. The average Bonchev–Trinajstić information content (AvgIpc) is 2.17. The molecule has 0 saturated heterocycles. The molecule has 2 atom stereocenters. The van der Waals surface area contributed by atoms with Gasteiger partial charge in [-0.1, -0.05) is 33.1 Å². The van der Waals surface area contributed by atoms with E-state index in [1.807, 2.05) is 6.92 Å². The molecule has 0 radical (unpaired) electrons. The summed E-state index contributed by atoms with van der Waals surface area (Å²) in [4.78, 5) is 11.6. The second-order valence-electron chi connectivity index (χ2n) is 4.63. The number of hydrogen-bond donors (Lipinski definition) is 2. The molecule has 3 heteroatoms. The minimum absolute atomic E-state index is 0.164. The van der Waals surface area contributed by atoms with Crippen molar-refractivity contribution in [2.75, 3.05) is 6.54 Å². The summed E-state index contributed by atoms with van der Waals surface area (Å²) in [6.45, 7) is 9.31. The highest BCUT2D eigenvalue weighted by Gasteiger charge is 2.10.